The minimum atomic E-state index is -3.52. The lowest BCUT2D eigenvalue weighted by atomic mass is 9.86. The third kappa shape index (κ3) is 3.37. The molecule has 1 heterocycles. The highest BCUT2D eigenvalue weighted by Crippen LogP contribution is 2.31. The zero-order chi connectivity index (χ0) is 15.6. The maximum atomic E-state index is 12.6. The van der Waals surface area contributed by atoms with Crippen molar-refractivity contribution in [3.8, 4) is 0 Å². The molecule has 0 radical (unpaired) electrons. The molecule has 8 heteroatoms. The second-order valence-electron chi connectivity index (χ2n) is 5.84. The van der Waals surface area contributed by atoms with Crippen molar-refractivity contribution < 1.29 is 28.2 Å². The number of carbonyl (C=O) groups is 2. The van der Waals surface area contributed by atoms with E-state index in [1.807, 2.05) is 0 Å². The molecule has 0 bridgehead atoms. The molecule has 120 valence electrons. The van der Waals surface area contributed by atoms with Crippen LogP contribution < -0.4 is 0 Å². The van der Waals surface area contributed by atoms with Crippen LogP contribution in [0.1, 0.15) is 38.5 Å². The van der Waals surface area contributed by atoms with Crippen LogP contribution in [0.15, 0.2) is 0 Å². The highest BCUT2D eigenvalue weighted by atomic mass is 32.2. The van der Waals surface area contributed by atoms with E-state index in [0.29, 0.717) is 12.8 Å². The van der Waals surface area contributed by atoms with Gasteiger partial charge in [0.25, 0.3) is 0 Å². The van der Waals surface area contributed by atoms with Crippen molar-refractivity contribution in [3.05, 3.63) is 0 Å². The van der Waals surface area contributed by atoms with Gasteiger partial charge in [0.2, 0.25) is 10.0 Å². The first kappa shape index (κ1) is 16.2. The molecule has 0 aromatic rings. The lowest BCUT2D eigenvalue weighted by Gasteiger charge is -2.36. The fourth-order valence-electron chi connectivity index (χ4n) is 3.27. The molecule has 2 unspecified atom stereocenters. The fraction of sp³-hybridized carbons (Fsp3) is 0.846. The van der Waals surface area contributed by atoms with Gasteiger partial charge in [-0.05, 0) is 19.3 Å². The van der Waals surface area contributed by atoms with E-state index in [0.717, 1.165) is 19.3 Å². The van der Waals surface area contributed by atoms with Gasteiger partial charge in [0, 0.05) is 13.1 Å². The second kappa shape index (κ2) is 6.31. The summed E-state index contributed by atoms with van der Waals surface area (Å²) < 4.78 is 26.3. The van der Waals surface area contributed by atoms with Crippen LogP contribution >= 0.6 is 0 Å². The molecule has 2 fully saturated rings. The van der Waals surface area contributed by atoms with Gasteiger partial charge in [-0.15, -0.1) is 0 Å². The van der Waals surface area contributed by atoms with Crippen molar-refractivity contribution >= 4 is 22.0 Å². The van der Waals surface area contributed by atoms with Crippen LogP contribution in [-0.2, 0) is 19.6 Å². The number of aliphatic carboxylic acids is 2. The van der Waals surface area contributed by atoms with Gasteiger partial charge in [-0.25, -0.2) is 12.7 Å². The van der Waals surface area contributed by atoms with Crippen molar-refractivity contribution in [3.63, 3.8) is 0 Å². The number of piperidine rings is 1. The van der Waals surface area contributed by atoms with Gasteiger partial charge < -0.3 is 10.2 Å². The predicted molar refractivity (Wildman–Crippen MR) is 74.2 cm³/mol. The summed E-state index contributed by atoms with van der Waals surface area (Å²) in [5.41, 5.74) is 0. The number of hydrogen-bond acceptors (Lipinski definition) is 4. The highest BCUT2D eigenvalue weighted by Gasteiger charge is 2.44. The van der Waals surface area contributed by atoms with Crippen LogP contribution in [0.2, 0.25) is 0 Å². The number of rotatable bonds is 4. The topological polar surface area (TPSA) is 112 Å². The molecule has 0 aromatic carbocycles. The molecule has 2 atom stereocenters. The Labute approximate surface area is 124 Å². The van der Waals surface area contributed by atoms with Crippen molar-refractivity contribution in [2.24, 2.45) is 11.8 Å². The third-order valence-electron chi connectivity index (χ3n) is 4.54. The number of nitrogens with zero attached hydrogens (tertiary/aromatic N) is 1. The molecule has 2 rings (SSSR count). The van der Waals surface area contributed by atoms with Crippen molar-refractivity contribution in [1.29, 1.82) is 0 Å². The normalized spacial score (nSPS) is 29.1. The Morgan fingerprint density at radius 1 is 0.905 bits per heavy atom. The highest BCUT2D eigenvalue weighted by molar-refractivity contribution is 7.89. The van der Waals surface area contributed by atoms with Gasteiger partial charge in [-0.3, -0.25) is 9.59 Å². The molecule has 0 aromatic heterocycles. The lowest BCUT2D eigenvalue weighted by Crippen LogP contribution is -2.51. The number of carboxylic acids is 2. The molecule has 7 nitrogen and oxygen atoms in total. The van der Waals surface area contributed by atoms with Crippen LogP contribution in [0.4, 0.5) is 0 Å². The fourth-order valence-corrected chi connectivity index (χ4v) is 5.35. The first-order valence-corrected chi connectivity index (χ1v) is 8.79. The maximum Gasteiger partial charge on any atom is 0.308 e. The summed E-state index contributed by atoms with van der Waals surface area (Å²) in [6.07, 6.45) is 4.05. The Hall–Kier alpha value is -1.15. The molecule has 1 saturated heterocycles. The molecule has 1 aliphatic heterocycles. The average Bonchev–Trinajstić information content (AvgIpc) is 2.47. The van der Waals surface area contributed by atoms with E-state index >= 15 is 0 Å². The van der Waals surface area contributed by atoms with E-state index in [2.05, 4.69) is 0 Å². The predicted octanol–water partition coefficient (Wildman–Crippen LogP) is 0.756. The Morgan fingerprint density at radius 3 is 2.00 bits per heavy atom. The molecule has 0 spiro atoms. The van der Waals surface area contributed by atoms with Crippen molar-refractivity contribution in [2.75, 3.05) is 13.1 Å². The van der Waals surface area contributed by atoms with E-state index in [1.165, 1.54) is 4.31 Å². The summed E-state index contributed by atoms with van der Waals surface area (Å²) in [5.74, 6) is -4.60. The van der Waals surface area contributed by atoms with Crippen LogP contribution in [0.5, 0.6) is 0 Å². The summed E-state index contributed by atoms with van der Waals surface area (Å²) in [6, 6.07) is 0. The largest absolute Gasteiger partial charge is 0.481 e. The molecule has 0 amide bonds. The summed E-state index contributed by atoms with van der Waals surface area (Å²) in [7, 11) is -3.52. The molecule has 1 saturated carbocycles. The summed E-state index contributed by atoms with van der Waals surface area (Å²) >= 11 is 0. The Morgan fingerprint density at radius 2 is 1.48 bits per heavy atom. The Bertz CT molecular complexity index is 511. The van der Waals surface area contributed by atoms with Crippen molar-refractivity contribution in [2.45, 2.75) is 43.8 Å². The summed E-state index contributed by atoms with van der Waals surface area (Å²) in [4.78, 5) is 22.3. The lowest BCUT2D eigenvalue weighted by molar-refractivity contribution is -0.156. The van der Waals surface area contributed by atoms with E-state index in [9.17, 15) is 18.0 Å². The average molecular weight is 319 g/mol. The van der Waals surface area contributed by atoms with Crippen LogP contribution in [0, 0.1) is 11.8 Å². The van der Waals surface area contributed by atoms with Gasteiger partial charge in [0.15, 0.2) is 0 Å². The van der Waals surface area contributed by atoms with Gasteiger partial charge in [-0.2, -0.15) is 0 Å². The zero-order valence-corrected chi connectivity index (χ0v) is 12.6. The monoisotopic (exact) mass is 319 g/mol. The van der Waals surface area contributed by atoms with E-state index in [-0.39, 0.29) is 19.5 Å². The van der Waals surface area contributed by atoms with E-state index < -0.39 is 39.0 Å². The molecule has 2 aliphatic rings. The minimum absolute atomic E-state index is 0.0538. The van der Waals surface area contributed by atoms with Crippen molar-refractivity contribution in [1.82, 2.24) is 4.31 Å². The van der Waals surface area contributed by atoms with Crippen LogP contribution in [0.3, 0.4) is 0 Å². The first-order chi connectivity index (χ1) is 9.84. The SMILES string of the molecule is O=C(O)C1CCN(S(=O)(=O)C2CCCCC2)CC1C(=O)O. The van der Waals surface area contributed by atoms with Gasteiger partial charge in [0.05, 0.1) is 17.1 Å². The maximum absolute atomic E-state index is 12.6. The summed E-state index contributed by atoms with van der Waals surface area (Å²) in [5, 5.41) is 17.8. The zero-order valence-electron chi connectivity index (χ0n) is 11.8. The smallest absolute Gasteiger partial charge is 0.308 e. The van der Waals surface area contributed by atoms with E-state index in [1.54, 1.807) is 0 Å². The molecular formula is C13H21NO6S. The Balaban J connectivity index is 2.14. The standard InChI is InChI=1S/C13H21NO6S/c15-12(16)10-6-7-14(8-11(10)13(17)18)21(19,20)9-4-2-1-3-5-9/h9-11H,1-8H2,(H,15,16)(H,17,18). The number of carboxylic acid groups (broad SMARTS) is 2. The second-order valence-corrected chi connectivity index (χ2v) is 8.05. The molecule has 21 heavy (non-hydrogen) atoms. The third-order valence-corrected chi connectivity index (χ3v) is 6.91. The quantitative estimate of drug-likeness (QED) is 0.791. The molecular weight excluding hydrogens is 298 g/mol. The first-order valence-electron chi connectivity index (χ1n) is 7.28. The minimum Gasteiger partial charge on any atom is -0.481 e. The number of sulfonamides is 1. The van der Waals surface area contributed by atoms with Gasteiger partial charge >= 0.3 is 11.9 Å². The Kier molecular flexibility index (Phi) is 4.88. The van der Waals surface area contributed by atoms with E-state index in [4.69, 9.17) is 10.2 Å². The van der Waals surface area contributed by atoms with Gasteiger partial charge in [0.1, 0.15) is 0 Å². The van der Waals surface area contributed by atoms with Crippen LogP contribution in [-0.4, -0.2) is 53.2 Å². The molecule has 1 aliphatic carbocycles. The molecule has 2 N–H and O–H groups in total. The number of hydrogen-bond donors (Lipinski definition) is 2. The van der Waals surface area contributed by atoms with Crippen LogP contribution in [0.25, 0.3) is 0 Å². The van der Waals surface area contributed by atoms with Gasteiger partial charge in [-0.1, -0.05) is 19.3 Å². The summed E-state index contributed by atoms with van der Waals surface area (Å²) in [6.45, 7) is -0.134.